The summed E-state index contributed by atoms with van der Waals surface area (Å²) in [5.74, 6) is -1.81. The van der Waals surface area contributed by atoms with Gasteiger partial charge in [-0.15, -0.1) is 0 Å². The van der Waals surface area contributed by atoms with Crippen LogP contribution in [-0.4, -0.2) is 11.8 Å². The van der Waals surface area contributed by atoms with Crippen LogP contribution in [0.4, 0.5) is 20.2 Å². The molecule has 4 nitrogen and oxygen atoms in total. The van der Waals surface area contributed by atoms with E-state index in [0.717, 1.165) is 0 Å². The fourth-order valence-corrected chi connectivity index (χ4v) is 2.73. The molecule has 0 aliphatic heterocycles. The van der Waals surface area contributed by atoms with E-state index < -0.39 is 17.5 Å². The molecule has 0 aromatic heterocycles. The Bertz CT molecular complexity index is 1020. The third-order valence-corrected chi connectivity index (χ3v) is 4.10. The standard InChI is InChI=1S/C21H15ClF2N2O2/c22-14-6-9-19(26-20(27)10-13-4-7-15(23)8-5-13)18(11-14)21(28)25-17-3-1-2-16(24)12-17/h1-9,11-12H,10H2,(H,25,28)(H,26,27). The van der Waals surface area contributed by atoms with E-state index in [1.807, 2.05) is 0 Å². The van der Waals surface area contributed by atoms with Crippen molar-refractivity contribution in [2.24, 2.45) is 0 Å². The zero-order valence-electron chi connectivity index (χ0n) is 14.5. The highest BCUT2D eigenvalue weighted by molar-refractivity contribution is 6.31. The SMILES string of the molecule is O=C(Cc1ccc(F)cc1)Nc1ccc(Cl)cc1C(=O)Nc1cccc(F)c1. The van der Waals surface area contributed by atoms with Crippen molar-refractivity contribution in [2.75, 3.05) is 10.6 Å². The normalized spacial score (nSPS) is 10.4. The van der Waals surface area contributed by atoms with Crippen molar-refractivity contribution >= 4 is 34.8 Å². The molecule has 0 unspecified atom stereocenters. The van der Waals surface area contributed by atoms with Crippen LogP contribution in [0.5, 0.6) is 0 Å². The maximum absolute atomic E-state index is 13.3. The van der Waals surface area contributed by atoms with Gasteiger partial charge in [0, 0.05) is 10.7 Å². The predicted molar refractivity (Wildman–Crippen MR) is 105 cm³/mol. The molecule has 3 aromatic rings. The molecule has 0 fully saturated rings. The van der Waals surface area contributed by atoms with E-state index in [0.29, 0.717) is 10.6 Å². The fraction of sp³-hybridized carbons (Fsp3) is 0.0476. The monoisotopic (exact) mass is 400 g/mol. The third-order valence-electron chi connectivity index (χ3n) is 3.86. The Morgan fingerprint density at radius 2 is 1.61 bits per heavy atom. The molecular weight excluding hydrogens is 386 g/mol. The van der Waals surface area contributed by atoms with Gasteiger partial charge >= 0.3 is 0 Å². The van der Waals surface area contributed by atoms with E-state index in [4.69, 9.17) is 11.6 Å². The van der Waals surface area contributed by atoms with Gasteiger partial charge in [0.25, 0.3) is 5.91 Å². The summed E-state index contributed by atoms with van der Waals surface area (Å²) in [7, 11) is 0. The Morgan fingerprint density at radius 3 is 2.32 bits per heavy atom. The maximum Gasteiger partial charge on any atom is 0.257 e. The molecule has 0 aliphatic rings. The molecule has 0 spiro atoms. The summed E-state index contributed by atoms with van der Waals surface area (Å²) in [6.07, 6.45) is 0.00780. The molecule has 7 heteroatoms. The molecule has 2 amide bonds. The first-order valence-corrected chi connectivity index (χ1v) is 8.69. The van der Waals surface area contributed by atoms with Crippen molar-refractivity contribution in [1.82, 2.24) is 0 Å². The van der Waals surface area contributed by atoms with Crippen molar-refractivity contribution < 1.29 is 18.4 Å². The van der Waals surface area contributed by atoms with E-state index >= 15 is 0 Å². The summed E-state index contributed by atoms with van der Waals surface area (Å²) >= 11 is 5.98. The van der Waals surface area contributed by atoms with Gasteiger partial charge in [0.15, 0.2) is 0 Å². The number of amides is 2. The van der Waals surface area contributed by atoms with Crippen molar-refractivity contribution in [2.45, 2.75) is 6.42 Å². The van der Waals surface area contributed by atoms with Crippen LogP contribution in [0.15, 0.2) is 66.7 Å². The average molecular weight is 401 g/mol. The number of hydrogen-bond donors (Lipinski definition) is 2. The summed E-state index contributed by atoms with van der Waals surface area (Å²) in [4.78, 5) is 24.9. The molecule has 0 saturated heterocycles. The smallest absolute Gasteiger partial charge is 0.257 e. The zero-order chi connectivity index (χ0) is 20.1. The van der Waals surface area contributed by atoms with Crippen LogP contribution < -0.4 is 10.6 Å². The highest BCUT2D eigenvalue weighted by Crippen LogP contribution is 2.23. The Morgan fingerprint density at radius 1 is 0.857 bits per heavy atom. The number of anilines is 2. The van der Waals surface area contributed by atoms with E-state index in [1.165, 1.54) is 66.7 Å². The minimum Gasteiger partial charge on any atom is -0.325 e. The summed E-state index contributed by atoms with van der Waals surface area (Å²) in [5, 5.41) is 5.52. The Balaban J connectivity index is 1.77. The van der Waals surface area contributed by atoms with Gasteiger partial charge in [-0.05, 0) is 54.1 Å². The molecular formula is C21H15ClF2N2O2. The van der Waals surface area contributed by atoms with E-state index in [2.05, 4.69) is 10.6 Å². The fourth-order valence-electron chi connectivity index (χ4n) is 2.56. The molecule has 28 heavy (non-hydrogen) atoms. The first-order valence-electron chi connectivity index (χ1n) is 8.31. The highest BCUT2D eigenvalue weighted by atomic mass is 35.5. The van der Waals surface area contributed by atoms with Crippen LogP contribution in [0.3, 0.4) is 0 Å². The van der Waals surface area contributed by atoms with Crippen LogP contribution >= 0.6 is 11.6 Å². The van der Waals surface area contributed by atoms with Gasteiger partial charge in [-0.3, -0.25) is 9.59 Å². The second-order valence-corrected chi connectivity index (χ2v) is 6.44. The number of halogens is 3. The minimum absolute atomic E-state index is 0.00780. The Labute approximate surface area is 165 Å². The molecule has 3 aromatic carbocycles. The van der Waals surface area contributed by atoms with Crippen LogP contribution in [0.2, 0.25) is 5.02 Å². The molecule has 3 rings (SSSR count). The third kappa shape index (κ3) is 5.14. The lowest BCUT2D eigenvalue weighted by atomic mass is 10.1. The maximum atomic E-state index is 13.3. The summed E-state index contributed by atoms with van der Waals surface area (Å²) in [5.41, 5.74) is 1.28. The number of carbonyl (C=O) groups excluding carboxylic acids is 2. The predicted octanol–water partition coefficient (Wildman–Crippen LogP) is 5.05. The largest absolute Gasteiger partial charge is 0.325 e. The number of benzene rings is 3. The van der Waals surface area contributed by atoms with Gasteiger partial charge in [0.1, 0.15) is 11.6 Å². The average Bonchev–Trinajstić information content (AvgIpc) is 2.65. The second-order valence-electron chi connectivity index (χ2n) is 6.01. The van der Waals surface area contributed by atoms with E-state index in [-0.39, 0.29) is 29.3 Å². The van der Waals surface area contributed by atoms with E-state index in [9.17, 15) is 18.4 Å². The van der Waals surface area contributed by atoms with Crippen LogP contribution in [-0.2, 0) is 11.2 Å². The van der Waals surface area contributed by atoms with Gasteiger partial charge in [-0.1, -0.05) is 29.8 Å². The first kappa shape index (κ1) is 19.5. The molecule has 0 bridgehead atoms. The molecule has 0 saturated carbocycles. The Hall–Kier alpha value is -3.25. The number of hydrogen-bond acceptors (Lipinski definition) is 2. The van der Waals surface area contributed by atoms with Crippen molar-refractivity contribution in [3.8, 4) is 0 Å². The van der Waals surface area contributed by atoms with Gasteiger partial charge in [-0.2, -0.15) is 0 Å². The second kappa shape index (κ2) is 8.63. The number of rotatable bonds is 5. The van der Waals surface area contributed by atoms with Crippen LogP contribution in [0.1, 0.15) is 15.9 Å². The summed E-state index contributed by atoms with van der Waals surface area (Å²) in [6, 6.07) is 15.4. The first-order chi connectivity index (χ1) is 13.4. The van der Waals surface area contributed by atoms with Crippen molar-refractivity contribution in [3.05, 3.63) is 94.5 Å². The van der Waals surface area contributed by atoms with Crippen molar-refractivity contribution in [1.29, 1.82) is 0 Å². The van der Waals surface area contributed by atoms with Crippen molar-refractivity contribution in [3.63, 3.8) is 0 Å². The lowest BCUT2D eigenvalue weighted by molar-refractivity contribution is -0.115. The minimum atomic E-state index is -0.551. The zero-order valence-corrected chi connectivity index (χ0v) is 15.3. The molecule has 142 valence electrons. The molecule has 2 N–H and O–H groups in total. The molecule has 0 heterocycles. The highest BCUT2D eigenvalue weighted by Gasteiger charge is 2.15. The lowest BCUT2D eigenvalue weighted by Crippen LogP contribution is -2.19. The van der Waals surface area contributed by atoms with Gasteiger partial charge in [0.05, 0.1) is 17.7 Å². The Kier molecular flexibility index (Phi) is 6.01. The number of nitrogens with one attached hydrogen (secondary N) is 2. The molecule has 0 atom stereocenters. The molecule has 0 aliphatic carbocycles. The number of carbonyl (C=O) groups is 2. The van der Waals surface area contributed by atoms with Gasteiger partial charge in [0.2, 0.25) is 5.91 Å². The quantitative estimate of drug-likeness (QED) is 0.629. The van der Waals surface area contributed by atoms with E-state index in [1.54, 1.807) is 0 Å². The topological polar surface area (TPSA) is 58.2 Å². The summed E-state index contributed by atoms with van der Waals surface area (Å²) < 4.78 is 26.3. The van der Waals surface area contributed by atoms with Crippen LogP contribution in [0.25, 0.3) is 0 Å². The van der Waals surface area contributed by atoms with Gasteiger partial charge < -0.3 is 10.6 Å². The lowest BCUT2D eigenvalue weighted by Gasteiger charge is -2.12. The molecule has 0 radical (unpaired) electrons. The van der Waals surface area contributed by atoms with Crippen LogP contribution in [0, 0.1) is 11.6 Å². The summed E-state index contributed by atoms with van der Waals surface area (Å²) in [6.45, 7) is 0. The van der Waals surface area contributed by atoms with Gasteiger partial charge in [-0.25, -0.2) is 8.78 Å².